The summed E-state index contributed by atoms with van der Waals surface area (Å²) < 4.78 is 13.9. The van der Waals surface area contributed by atoms with E-state index in [1.165, 1.54) is 12.4 Å². The van der Waals surface area contributed by atoms with Gasteiger partial charge in [-0.25, -0.2) is 14.4 Å². The molecule has 3 rings (SSSR count). The van der Waals surface area contributed by atoms with Gasteiger partial charge in [0.1, 0.15) is 18.0 Å². The summed E-state index contributed by atoms with van der Waals surface area (Å²) in [6.07, 6.45) is 4.78. The molecule has 1 aliphatic rings. The fourth-order valence-corrected chi connectivity index (χ4v) is 2.63. The molecule has 1 aromatic carbocycles. The number of aromatic nitrogens is 2. The molecule has 19 heavy (non-hydrogen) atoms. The van der Waals surface area contributed by atoms with Crippen LogP contribution in [0.1, 0.15) is 25.7 Å². The van der Waals surface area contributed by atoms with Gasteiger partial charge in [-0.2, -0.15) is 0 Å². The number of nitrogens with zero attached hydrogens (tertiary/aromatic N) is 2. The number of hydrogen-bond donors (Lipinski definition) is 2. The molecule has 2 unspecified atom stereocenters. The molecule has 5 heteroatoms. The monoisotopic (exact) mass is 261 g/mol. The standard InChI is InChI=1S/C14H16FN3O/c15-9-4-3-6-11-13(9)14(17-8-16-11)18-10-5-1-2-7-12(10)19/h3-4,6,8,10,12,19H,1-2,5,7H2,(H,16,17,18). The van der Waals surface area contributed by atoms with Gasteiger partial charge in [0.25, 0.3) is 0 Å². The Hall–Kier alpha value is -1.75. The minimum Gasteiger partial charge on any atom is -0.391 e. The van der Waals surface area contributed by atoms with Crippen LogP contribution < -0.4 is 5.32 Å². The number of aliphatic hydroxyl groups excluding tert-OH is 1. The van der Waals surface area contributed by atoms with E-state index in [2.05, 4.69) is 15.3 Å². The lowest BCUT2D eigenvalue weighted by molar-refractivity contribution is 0.116. The second-order valence-electron chi connectivity index (χ2n) is 4.96. The van der Waals surface area contributed by atoms with Gasteiger partial charge in [0, 0.05) is 0 Å². The smallest absolute Gasteiger partial charge is 0.140 e. The first-order valence-electron chi connectivity index (χ1n) is 6.59. The van der Waals surface area contributed by atoms with Crippen molar-refractivity contribution in [1.82, 2.24) is 9.97 Å². The summed E-state index contributed by atoms with van der Waals surface area (Å²) in [7, 11) is 0. The zero-order chi connectivity index (χ0) is 13.2. The minimum absolute atomic E-state index is 0.0635. The zero-order valence-electron chi connectivity index (χ0n) is 10.5. The molecule has 2 N–H and O–H groups in total. The zero-order valence-corrected chi connectivity index (χ0v) is 10.5. The van der Waals surface area contributed by atoms with Crippen LogP contribution in [0, 0.1) is 5.82 Å². The number of hydrogen-bond acceptors (Lipinski definition) is 4. The van der Waals surface area contributed by atoms with E-state index in [1.54, 1.807) is 12.1 Å². The Morgan fingerprint density at radius 1 is 1.21 bits per heavy atom. The van der Waals surface area contributed by atoms with Gasteiger partial charge in [0.05, 0.1) is 23.0 Å². The van der Waals surface area contributed by atoms with Crippen LogP contribution in [-0.4, -0.2) is 27.2 Å². The fourth-order valence-electron chi connectivity index (χ4n) is 2.63. The molecule has 1 aromatic heterocycles. The summed E-state index contributed by atoms with van der Waals surface area (Å²) in [5.41, 5.74) is 0.572. The molecule has 0 spiro atoms. The highest BCUT2D eigenvalue weighted by molar-refractivity contribution is 5.89. The van der Waals surface area contributed by atoms with Crippen LogP contribution >= 0.6 is 0 Å². The maximum absolute atomic E-state index is 13.9. The Labute approximate surface area is 110 Å². The van der Waals surface area contributed by atoms with Crippen molar-refractivity contribution in [3.63, 3.8) is 0 Å². The molecule has 2 aromatic rings. The van der Waals surface area contributed by atoms with Crippen molar-refractivity contribution >= 4 is 16.7 Å². The number of benzene rings is 1. The van der Waals surface area contributed by atoms with Gasteiger partial charge in [-0.1, -0.05) is 18.9 Å². The first-order chi connectivity index (χ1) is 9.25. The van der Waals surface area contributed by atoms with Crippen LogP contribution in [0.25, 0.3) is 10.9 Å². The molecule has 2 atom stereocenters. The molecule has 0 aliphatic heterocycles. The Morgan fingerprint density at radius 3 is 2.89 bits per heavy atom. The maximum atomic E-state index is 13.9. The van der Waals surface area contributed by atoms with E-state index in [1.807, 2.05) is 0 Å². The Balaban J connectivity index is 1.96. The van der Waals surface area contributed by atoms with Crippen molar-refractivity contribution in [2.75, 3.05) is 5.32 Å². The van der Waals surface area contributed by atoms with Crippen LogP contribution in [0.5, 0.6) is 0 Å². The quantitative estimate of drug-likeness (QED) is 0.872. The van der Waals surface area contributed by atoms with Gasteiger partial charge in [-0.3, -0.25) is 0 Å². The van der Waals surface area contributed by atoms with Crippen molar-refractivity contribution in [2.24, 2.45) is 0 Å². The topological polar surface area (TPSA) is 58.0 Å². The lowest BCUT2D eigenvalue weighted by Crippen LogP contribution is -2.36. The second-order valence-corrected chi connectivity index (χ2v) is 4.96. The van der Waals surface area contributed by atoms with E-state index < -0.39 is 6.10 Å². The predicted octanol–water partition coefficient (Wildman–Crippen LogP) is 2.48. The van der Waals surface area contributed by atoms with E-state index in [-0.39, 0.29) is 11.9 Å². The van der Waals surface area contributed by atoms with Gasteiger partial charge in [0.15, 0.2) is 0 Å². The number of fused-ring (bicyclic) bond motifs is 1. The van der Waals surface area contributed by atoms with E-state index in [0.29, 0.717) is 16.7 Å². The summed E-state index contributed by atoms with van der Waals surface area (Å²) >= 11 is 0. The molecule has 1 saturated carbocycles. The van der Waals surface area contributed by atoms with Crippen molar-refractivity contribution in [3.05, 3.63) is 30.3 Å². The van der Waals surface area contributed by atoms with Crippen LogP contribution in [0.2, 0.25) is 0 Å². The highest BCUT2D eigenvalue weighted by atomic mass is 19.1. The third-order valence-corrected chi connectivity index (χ3v) is 3.66. The summed E-state index contributed by atoms with van der Waals surface area (Å²) in [5.74, 6) is 0.125. The predicted molar refractivity (Wildman–Crippen MR) is 71.4 cm³/mol. The van der Waals surface area contributed by atoms with E-state index in [0.717, 1.165) is 25.7 Å². The molecule has 0 radical (unpaired) electrons. The average molecular weight is 261 g/mol. The highest BCUT2D eigenvalue weighted by Gasteiger charge is 2.24. The van der Waals surface area contributed by atoms with Crippen LogP contribution in [0.15, 0.2) is 24.5 Å². The Bertz CT molecular complexity index is 585. The van der Waals surface area contributed by atoms with Gasteiger partial charge in [-0.15, -0.1) is 0 Å². The largest absolute Gasteiger partial charge is 0.391 e. The molecule has 0 saturated heterocycles. The fraction of sp³-hybridized carbons (Fsp3) is 0.429. The van der Waals surface area contributed by atoms with Crippen molar-refractivity contribution in [2.45, 2.75) is 37.8 Å². The first kappa shape index (κ1) is 12.3. The summed E-state index contributed by atoms with van der Waals surface area (Å²) in [5, 5.41) is 13.5. The van der Waals surface area contributed by atoms with Crippen molar-refractivity contribution < 1.29 is 9.50 Å². The number of anilines is 1. The molecule has 1 heterocycles. The summed E-state index contributed by atoms with van der Waals surface area (Å²) in [4.78, 5) is 8.18. The summed E-state index contributed by atoms with van der Waals surface area (Å²) in [6.45, 7) is 0. The SMILES string of the molecule is OC1CCCCC1Nc1ncnc2cccc(F)c12. The van der Waals surface area contributed by atoms with Crippen molar-refractivity contribution in [3.8, 4) is 0 Å². The van der Waals surface area contributed by atoms with Gasteiger partial charge >= 0.3 is 0 Å². The van der Waals surface area contributed by atoms with Gasteiger partial charge in [0.2, 0.25) is 0 Å². The maximum Gasteiger partial charge on any atom is 0.140 e. The molecule has 0 amide bonds. The molecule has 100 valence electrons. The molecule has 0 bridgehead atoms. The first-order valence-corrected chi connectivity index (χ1v) is 6.59. The molecular formula is C14H16FN3O. The Kier molecular flexibility index (Phi) is 3.29. The summed E-state index contributed by atoms with van der Waals surface area (Å²) in [6, 6.07) is 4.71. The number of rotatable bonds is 2. The lowest BCUT2D eigenvalue weighted by atomic mass is 9.92. The molecule has 1 aliphatic carbocycles. The van der Waals surface area contributed by atoms with Crippen LogP contribution in [-0.2, 0) is 0 Å². The Morgan fingerprint density at radius 2 is 2.05 bits per heavy atom. The van der Waals surface area contributed by atoms with Crippen molar-refractivity contribution in [1.29, 1.82) is 0 Å². The molecular weight excluding hydrogens is 245 g/mol. The van der Waals surface area contributed by atoms with E-state index in [4.69, 9.17) is 0 Å². The molecule has 1 fully saturated rings. The van der Waals surface area contributed by atoms with Gasteiger partial charge in [-0.05, 0) is 25.0 Å². The number of aliphatic hydroxyl groups is 1. The normalized spacial score (nSPS) is 23.5. The van der Waals surface area contributed by atoms with Crippen LogP contribution in [0.3, 0.4) is 0 Å². The number of nitrogens with one attached hydrogen (secondary N) is 1. The average Bonchev–Trinajstić information content (AvgIpc) is 2.42. The third kappa shape index (κ3) is 2.38. The second kappa shape index (κ2) is 5.09. The van der Waals surface area contributed by atoms with Gasteiger partial charge < -0.3 is 10.4 Å². The lowest BCUT2D eigenvalue weighted by Gasteiger charge is -2.29. The molecule has 4 nitrogen and oxygen atoms in total. The third-order valence-electron chi connectivity index (χ3n) is 3.66. The van der Waals surface area contributed by atoms with E-state index in [9.17, 15) is 9.50 Å². The minimum atomic E-state index is -0.398. The van der Waals surface area contributed by atoms with Crippen LogP contribution in [0.4, 0.5) is 10.2 Å². The number of halogens is 1. The highest BCUT2D eigenvalue weighted by Crippen LogP contribution is 2.26. The van der Waals surface area contributed by atoms with E-state index >= 15 is 0 Å².